The summed E-state index contributed by atoms with van der Waals surface area (Å²) >= 11 is 0. The minimum Gasteiger partial charge on any atom is -0.348 e. The van der Waals surface area contributed by atoms with Gasteiger partial charge in [0.15, 0.2) is 0 Å². The Bertz CT molecular complexity index is 1370. The predicted octanol–water partition coefficient (Wildman–Crippen LogP) is 2.23. The molecule has 1 fully saturated rings. The highest BCUT2D eigenvalue weighted by Gasteiger charge is 2.20. The molecule has 0 spiro atoms. The van der Waals surface area contributed by atoms with Gasteiger partial charge in [0.1, 0.15) is 11.2 Å². The second-order valence-electron chi connectivity index (χ2n) is 7.71. The lowest BCUT2D eigenvalue weighted by Gasteiger charge is -2.16. The fourth-order valence-electron chi connectivity index (χ4n) is 4.05. The van der Waals surface area contributed by atoms with E-state index in [0.717, 1.165) is 24.1 Å². The molecule has 8 nitrogen and oxygen atoms in total. The molecule has 0 bridgehead atoms. The maximum atomic E-state index is 12.8. The molecule has 0 atom stereocenters. The van der Waals surface area contributed by atoms with Gasteiger partial charge in [-0.3, -0.25) is 14.4 Å². The van der Waals surface area contributed by atoms with E-state index in [1.54, 1.807) is 22.7 Å². The van der Waals surface area contributed by atoms with Crippen molar-refractivity contribution >= 4 is 28.4 Å². The molecule has 0 radical (unpaired) electrons. The smallest absolute Gasteiger partial charge is 0.259 e. The Hall–Kier alpha value is -3.94. The average Bonchev–Trinajstić information content (AvgIpc) is 3.39. The summed E-state index contributed by atoms with van der Waals surface area (Å²) in [6.07, 6.45) is 2.99. The maximum Gasteiger partial charge on any atom is 0.259 e. The van der Waals surface area contributed by atoms with Crippen LogP contribution in [0.15, 0.2) is 59.5 Å². The van der Waals surface area contributed by atoms with Crippen molar-refractivity contribution in [1.29, 1.82) is 0 Å². The summed E-state index contributed by atoms with van der Waals surface area (Å²) in [6.45, 7) is 1.71. The van der Waals surface area contributed by atoms with Crippen LogP contribution in [0.3, 0.4) is 0 Å². The summed E-state index contributed by atoms with van der Waals surface area (Å²) in [5.41, 5.74) is 3.03. The first-order chi connectivity index (χ1) is 15.1. The number of aromatic amines is 1. The van der Waals surface area contributed by atoms with E-state index < -0.39 is 0 Å². The Morgan fingerprint density at radius 2 is 1.94 bits per heavy atom. The number of nitrogens with one attached hydrogen (secondary N) is 2. The Labute approximate surface area is 177 Å². The van der Waals surface area contributed by atoms with E-state index in [2.05, 4.69) is 15.4 Å². The van der Waals surface area contributed by atoms with Crippen molar-refractivity contribution in [1.82, 2.24) is 24.8 Å². The van der Waals surface area contributed by atoms with Gasteiger partial charge in [-0.15, -0.1) is 0 Å². The third-order valence-corrected chi connectivity index (χ3v) is 5.61. The molecule has 4 aromatic rings. The molecular weight excluding hydrogens is 394 g/mol. The van der Waals surface area contributed by atoms with Gasteiger partial charge in [0.05, 0.1) is 17.1 Å². The Kier molecular flexibility index (Phi) is 4.74. The lowest BCUT2D eigenvalue weighted by atomic mass is 10.1. The summed E-state index contributed by atoms with van der Waals surface area (Å²) < 4.78 is 1.57. The van der Waals surface area contributed by atoms with Crippen LogP contribution < -0.4 is 10.9 Å². The summed E-state index contributed by atoms with van der Waals surface area (Å²) in [4.78, 5) is 41.7. The Morgan fingerprint density at radius 3 is 2.77 bits per heavy atom. The van der Waals surface area contributed by atoms with Crippen LogP contribution in [0.5, 0.6) is 0 Å². The molecule has 0 aliphatic carbocycles. The first kappa shape index (κ1) is 19.0. The highest BCUT2D eigenvalue weighted by Crippen LogP contribution is 2.16. The first-order valence-electron chi connectivity index (χ1n) is 10.2. The van der Waals surface area contributed by atoms with Gasteiger partial charge in [-0.1, -0.05) is 36.4 Å². The lowest BCUT2D eigenvalue weighted by molar-refractivity contribution is -0.128. The summed E-state index contributed by atoms with van der Waals surface area (Å²) in [5, 5.41) is 7.70. The highest BCUT2D eigenvalue weighted by atomic mass is 16.2. The van der Waals surface area contributed by atoms with E-state index in [0.29, 0.717) is 41.6 Å². The van der Waals surface area contributed by atoms with Crippen LogP contribution in [-0.4, -0.2) is 37.9 Å². The molecule has 1 aliphatic rings. The number of benzene rings is 2. The molecule has 1 saturated heterocycles. The molecule has 0 saturated carbocycles. The normalized spacial score (nSPS) is 13.9. The largest absolute Gasteiger partial charge is 0.348 e. The van der Waals surface area contributed by atoms with Crippen molar-refractivity contribution < 1.29 is 9.59 Å². The predicted molar refractivity (Wildman–Crippen MR) is 116 cm³/mol. The average molecular weight is 415 g/mol. The minimum absolute atomic E-state index is 0.188. The second kappa shape index (κ2) is 7.71. The minimum atomic E-state index is -0.318. The van der Waals surface area contributed by atoms with Crippen LogP contribution in [0, 0.1) is 0 Å². The number of H-pyrrole nitrogens is 1. The van der Waals surface area contributed by atoms with Crippen molar-refractivity contribution in [3.05, 3.63) is 81.8 Å². The molecule has 156 valence electrons. The van der Waals surface area contributed by atoms with Gasteiger partial charge in [0.25, 0.3) is 11.5 Å². The number of amides is 2. The van der Waals surface area contributed by atoms with E-state index in [9.17, 15) is 14.4 Å². The number of aromatic nitrogens is 3. The van der Waals surface area contributed by atoms with Gasteiger partial charge in [0, 0.05) is 26.1 Å². The number of rotatable bonds is 5. The first-order valence-corrected chi connectivity index (χ1v) is 10.2. The number of likely N-dealkylation sites (tertiary alicyclic amines) is 1. The molecule has 0 unspecified atom stereocenters. The lowest BCUT2D eigenvalue weighted by Crippen LogP contribution is -2.25. The van der Waals surface area contributed by atoms with Crippen molar-refractivity contribution in [2.45, 2.75) is 25.9 Å². The van der Waals surface area contributed by atoms with Crippen LogP contribution in [0.2, 0.25) is 0 Å². The standard InChI is InChI=1S/C23H21N5O3/c29-20-9-4-10-27(20)14-16-6-3-5-15(11-16)12-24-22(30)18-13-25-28-19-8-2-1-7-17(19)23(31)26-21(18)28/h1-3,5-8,11,13H,4,9-10,12,14H2,(H,24,30)(H,26,31). The summed E-state index contributed by atoms with van der Waals surface area (Å²) in [7, 11) is 0. The van der Waals surface area contributed by atoms with Crippen LogP contribution in [0.4, 0.5) is 0 Å². The van der Waals surface area contributed by atoms with E-state index in [4.69, 9.17) is 0 Å². The zero-order chi connectivity index (χ0) is 21.4. The SMILES string of the molecule is O=C(NCc1cccc(CN2CCCC2=O)c1)c1cnn2c1[nH]c(=O)c1ccccc12. The van der Waals surface area contributed by atoms with Crippen LogP contribution >= 0.6 is 0 Å². The Morgan fingerprint density at radius 1 is 1.10 bits per heavy atom. The molecule has 2 N–H and O–H groups in total. The van der Waals surface area contributed by atoms with Crippen molar-refractivity contribution in [3.63, 3.8) is 0 Å². The Balaban J connectivity index is 1.34. The van der Waals surface area contributed by atoms with Crippen LogP contribution in [0.1, 0.15) is 34.3 Å². The number of nitrogens with zero attached hydrogens (tertiary/aromatic N) is 3. The van der Waals surface area contributed by atoms with Crippen LogP contribution in [-0.2, 0) is 17.9 Å². The number of carbonyl (C=O) groups is 2. The topological polar surface area (TPSA) is 99.6 Å². The van der Waals surface area contributed by atoms with Crippen molar-refractivity contribution in [2.24, 2.45) is 0 Å². The highest BCUT2D eigenvalue weighted by molar-refractivity contribution is 6.00. The van der Waals surface area contributed by atoms with Crippen molar-refractivity contribution in [3.8, 4) is 0 Å². The fraction of sp³-hybridized carbons (Fsp3) is 0.217. The molecule has 2 amide bonds. The van der Waals surface area contributed by atoms with E-state index >= 15 is 0 Å². The molecule has 31 heavy (non-hydrogen) atoms. The summed E-state index contributed by atoms with van der Waals surface area (Å²) in [6, 6.07) is 15.0. The molecule has 8 heteroatoms. The van der Waals surface area contributed by atoms with E-state index in [1.165, 1.54) is 6.20 Å². The monoisotopic (exact) mass is 415 g/mol. The number of hydrogen-bond donors (Lipinski definition) is 2. The maximum absolute atomic E-state index is 12.8. The fourth-order valence-corrected chi connectivity index (χ4v) is 4.05. The summed E-state index contributed by atoms with van der Waals surface area (Å²) in [5.74, 6) is -0.130. The van der Waals surface area contributed by atoms with Crippen LogP contribution in [0.25, 0.3) is 16.6 Å². The zero-order valence-corrected chi connectivity index (χ0v) is 16.8. The molecule has 3 heterocycles. The zero-order valence-electron chi connectivity index (χ0n) is 16.8. The number of hydrogen-bond acceptors (Lipinski definition) is 4. The molecular formula is C23H21N5O3. The van der Waals surface area contributed by atoms with Crippen molar-refractivity contribution in [2.75, 3.05) is 6.54 Å². The van der Waals surface area contributed by atoms with Gasteiger partial charge in [-0.05, 0) is 29.7 Å². The quantitative estimate of drug-likeness (QED) is 0.522. The molecule has 5 rings (SSSR count). The van der Waals surface area contributed by atoms with Gasteiger partial charge in [-0.25, -0.2) is 4.52 Å². The van der Waals surface area contributed by atoms with Gasteiger partial charge >= 0.3 is 0 Å². The molecule has 2 aromatic carbocycles. The molecule has 2 aromatic heterocycles. The van der Waals surface area contributed by atoms with Gasteiger partial charge < -0.3 is 15.2 Å². The van der Waals surface area contributed by atoms with E-state index in [-0.39, 0.29) is 17.4 Å². The third kappa shape index (κ3) is 3.56. The number of carbonyl (C=O) groups excluding carboxylic acids is 2. The van der Waals surface area contributed by atoms with Gasteiger partial charge in [-0.2, -0.15) is 5.10 Å². The third-order valence-electron chi connectivity index (χ3n) is 5.61. The molecule has 1 aliphatic heterocycles. The second-order valence-corrected chi connectivity index (χ2v) is 7.71. The number of fused-ring (bicyclic) bond motifs is 3. The van der Waals surface area contributed by atoms with Gasteiger partial charge in [0.2, 0.25) is 5.91 Å². The number of para-hydroxylation sites is 1. The van der Waals surface area contributed by atoms with E-state index in [1.807, 2.05) is 35.2 Å².